The summed E-state index contributed by atoms with van der Waals surface area (Å²) >= 11 is 0. The van der Waals surface area contributed by atoms with E-state index in [9.17, 15) is 4.39 Å². The number of oxime groups is 1. The maximum atomic E-state index is 14.5. The van der Waals surface area contributed by atoms with Crippen molar-refractivity contribution < 1.29 is 9.60 Å². The highest BCUT2D eigenvalue weighted by Gasteiger charge is 2.35. The fourth-order valence-electron chi connectivity index (χ4n) is 3.93. The third-order valence-electron chi connectivity index (χ3n) is 4.94. The number of hydrogen-bond acceptors (Lipinski definition) is 3. The zero-order chi connectivity index (χ0) is 14.8. The van der Waals surface area contributed by atoms with Crippen LogP contribution in [0.2, 0.25) is 0 Å². The summed E-state index contributed by atoms with van der Waals surface area (Å²) in [4.78, 5) is 2.41. The summed E-state index contributed by atoms with van der Waals surface area (Å²) in [7, 11) is 0. The third kappa shape index (κ3) is 2.75. The van der Waals surface area contributed by atoms with Crippen LogP contribution in [-0.2, 0) is 6.54 Å². The Bertz CT molecular complexity index is 546. The second-order valence-corrected chi connectivity index (χ2v) is 6.13. The zero-order valence-corrected chi connectivity index (χ0v) is 12.1. The van der Waals surface area contributed by atoms with Crippen LogP contribution in [0.4, 0.5) is 4.39 Å². The number of benzene rings is 1. The molecule has 0 radical (unpaired) electrons. The first-order valence-electron chi connectivity index (χ1n) is 7.70. The van der Waals surface area contributed by atoms with E-state index < -0.39 is 0 Å². The summed E-state index contributed by atoms with van der Waals surface area (Å²) in [6.45, 7) is 1.65. The summed E-state index contributed by atoms with van der Waals surface area (Å²) in [6.07, 6.45) is 6.34. The van der Waals surface area contributed by atoms with Gasteiger partial charge in [0.05, 0.1) is 5.56 Å². The third-order valence-corrected chi connectivity index (χ3v) is 4.94. The van der Waals surface area contributed by atoms with Gasteiger partial charge >= 0.3 is 0 Å². The number of hydrogen-bond donors (Lipinski definition) is 2. The van der Waals surface area contributed by atoms with E-state index in [1.807, 2.05) is 0 Å². The smallest absolute Gasteiger partial charge is 0.173 e. The van der Waals surface area contributed by atoms with Gasteiger partial charge in [-0.25, -0.2) is 4.39 Å². The molecule has 2 atom stereocenters. The lowest BCUT2D eigenvalue weighted by molar-refractivity contribution is 0.104. The Balaban J connectivity index is 1.81. The van der Waals surface area contributed by atoms with Gasteiger partial charge < -0.3 is 10.9 Å². The lowest BCUT2D eigenvalue weighted by Gasteiger charge is -2.37. The van der Waals surface area contributed by atoms with Gasteiger partial charge in [0.1, 0.15) is 5.82 Å². The van der Waals surface area contributed by atoms with Crippen molar-refractivity contribution in [3.05, 3.63) is 35.1 Å². The first-order chi connectivity index (χ1) is 10.2. The van der Waals surface area contributed by atoms with Gasteiger partial charge in [0.15, 0.2) is 5.84 Å². The van der Waals surface area contributed by atoms with Crippen molar-refractivity contribution in [2.24, 2.45) is 16.8 Å². The molecule has 21 heavy (non-hydrogen) atoms. The molecular formula is C16H22FN3O. The standard InChI is InChI=1S/C16H22FN3O/c17-15-12(5-1-7-13(15)16(18)19-21)10-20-9-3-6-11-4-2-8-14(11)20/h1,5,7,11,14,21H,2-4,6,8-10H2,(H2,18,19). The van der Waals surface area contributed by atoms with Crippen LogP contribution in [0, 0.1) is 11.7 Å². The van der Waals surface area contributed by atoms with E-state index in [1.165, 1.54) is 32.1 Å². The molecule has 0 amide bonds. The Morgan fingerprint density at radius 3 is 2.95 bits per heavy atom. The molecule has 1 saturated carbocycles. The summed E-state index contributed by atoms with van der Waals surface area (Å²) in [6, 6.07) is 5.71. The first-order valence-corrected chi connectivity index (χ1v) is 7.70. The molecule has 0 aromatic heterocycles. The Morgan fingerprint density at radius 2 is 2.14 bits per heavy atom. The molecule has 1 aliphatic heterocycles. The second kappa shape index (κ2) is 6.02. The van der Waals surface area contributed by atoms with Crippen molar-refractivity contribution in [3.63, 3.8) is 0 Å². The van der Waals surface area contributed by atoms with Crippen molar-refractivity contribution in [2.45, 2.75) is 44.7 Å². The van der Waals surface area contributed by atoms with Gasteiger partial charge in [-0.1, -0.05) is 23.7 Å². The van der Waals surface area contributed by atoms with Gasteiger partial charge in [-0.15, -0.1) is 0 Å². The van der Waals surface area contributed by atoms with Crippen LogP contribution >= 0.6 is 0 Å². The molecule has 1 aliphatic carbocycles. The molecule has 2 fully saturated rings. The molecule has 114 valence electrons. The molecule has 3 rings (SSSR count). The van der Waals surface area contributed by atoms with E-state index in [2.05, 4.69) is 10.1 Å². The largest absolute Gasteiger partial charge is 0.409 e. The highest BCUT2D eigenvalue weighted by molar-refractivity contribution is 5.97. The second-order valence-electron chi connectivity index (χ2n) is 6.13. The molecule has 0 bridgehead atoms. The molecule has 2 unspecified atom stereocenters. The molecule has 3 N–H and O–H groups in total. The summed E-state index contributed by atoms with van der Waals surface area (Å²) in [5.74, 6) is 0.244. The number of fused-ring (bicyclic) bond motifs is 1. The maximum absolute atomic E-state index is 14.5. The van der Waals surface area contributed by atoms with Gasteiger partial charge in [-0.2, -0.15) is 0 Å². The van der Waals surface area contributed by atoms with Gasteiger partial charge in [0.2, 0.25) is 0 Å². The topological polar surface area (TPSA) is 61.9 Å². The van der Waals surface area contributed by atoms with Crippen LogP contribution in [0.5, 0.6) is 0 Å². The fourth-order valence-corrected chi connectivity index (χ4v) is 3.93. The van der Waals surface area contributed by atoms with Crippen molar-refractivity contribution in [3.8, 4) is 0 Å². The maximum Gasteiger partial charge on any atom is 0.173 e. The quantitative estimate of drug-likeness (QED) is 0.389. The number of halogens is 1. The van der Waals surface area contributed by atoms with Crippen LogP contribution in [0.3, 0.4) is 0 Å². The number of nitrogens with zero attached hydrogens (tertiary/aromatic N) is 2. The zero-order valence-electron chi connectivity index (χ0n) is 12.1. The van der Waals surface area contributed by atoms with Gasteiger partial charge in [-0.05, 0) is 44.2 Å². The Hall–Kier alpha value is -1.62. The van der Waals surface area contributed by atoms with Gasteiger partial charge in [-0.3, -0.25) is 4.90 Å². The average Bonchev–Trinajstić information content (AvgIpc) is 2.98. The highest BCUT2D eigenvalue weighted by atomic mass is 19.1. The predicted molar refractivity (Wildman–Crippen MR) is 79.7 cm³/mol. The molecule has 1 aromatic carbocycles. The van der Waals surface area contributed by atoms with Crippen molar-refractivity contribution in [2.75, 3.05) is 6.54 Å². The number of amidine groups is 1. The van der Waals surface area contributed by atoms with Crippen molar-refractivity contribution in [1.29, 1.82) is 0 Å². The van der Waals surface area contributed by atoms with Gasteiger partial charge in [0, 0.05) is 18.2 Å². The Morgan fingerprint density at radius 1 is 1.33 bits per heavy atom. The molecule has 1 aromatic rings. The average molecular weight is 291 g/mol. The van der Waals surface area contributed by atoms with Crippen molar-refractivity contribution >= 4 is 5.84 Å². The van der Waals surface area contributed by atoms with E-state index >= 15 is 0 Å². The molecule has 5 heteroatoms. The molecule has 1 saturated heterocycles. The minimum atomic E-state index is -0.368. The number of nitrogens with two attached hydrogens (primary N) is 1. The van der Waals surface area contributed by atoms with E-state index in [0.29, 0.717) is 18.2 Å². The monoisotopic (exact) mass is 291 g/mol. The summed E-state index contributed by atoms with van der Waals surface area (Å²) < 4.78 is 14.5. The Kier molecular flexibility index (Phi) is 4.10. The number of rotatable bonds is 3. The lowest BCUT2D eigenvalue weighted by atomic mass is 9.91. The molecular weight excluding hydrogens is 269 g/mol. The number of piperidine rings is 1. The van der Waals surface area contributed by atoms with Gasteiger partial charge in [0.25, 0.3) is 0 Å². The van der Waals surface area contributed by atoms with Crippen LogP contribution < -0.4 is 5.73 Å². The minimum Gasteiger partial charge on any atom is -0.409 e. The number of likely N-dealkylation sites (tertiary alicyclic amines) is 1. The van der Waals surface area contributed by atoms with E-state index in [4.69, 9.17) is 10.9 Å². The van der Waals surface area contributed by atoms with E-state index in [1.54, 1.807) is 18.2 Å². The molecule has 4 nitrogen and oxygen atoms in total. The highest BCUT2D eigenvalue weighted by Crippen LogP contribution is 2.37. The Labute approximate surface area is 124 Å². The normalized spacial score (nSPS) is 26.8. The van der Waals surface area contributed by atoms with Crippen LogP contribution in [0.1, 0.15) is 43.2 Å². The SMILES string of the molecule is N/C(=N/O)c1cccc(CN2CCCC3CCCC32)c1F. The predicted octanol–water partition coefficient (Wildman–Crippen LogP) is 2.68. The lowest BCUT2D eigenvalue weighted by Crippen LogP contribution is -2.42. The first kappa shape index (κ1) is 14.3. The molecule has 1 heterocycles. The van der Waals surface area contributed by atoms with E-state index in [-0.39, 0.29) is 17.2 Å². The van der Waals surface area contributed by atoms with Crippen LogP contribution in [0.25, 0.3) is 0 Å². The van der Waals surface area contributed by atoms with Crippen LogP contribution in [0.15, 0.2) is 23.4 Å². The van der Waals surface area contributed by atoms with Crippen molar-refractivity contribution in [1.82, 2.24) is 4.90 Å². The summed E-state index contributed by atoms with van der Waals surface area (Å²) in [5, 5.41) is 11.6. The molecule has 2 aliphatic rings. The van der Waals surface area contributed by atoms with E-state index in [0.717, 1.165) is 12.5 Å². The minimum absolute atomic E-state index is 0.174. The fraction of sp³-hybridized carbons (Fsp3) is 0.562. The molecule has 0 spiro atoms. The van der Waals surface area contributed by atoms with Crippen LogP contribution in [-0.4, -0.2) is 28.5 Å². The summed E-state index contributed by atoms with van der Waals surface area (Å²) in [5.41, 5.74) is 6.34.